The van der Waals surface area contributed by atoms with Crippen LogP contribution in [0.3, 0.4) is 0 Å². The third kappa shape index (κ3) is 2.17. The zero-order chi connectivity index (χ0) is 15.1. The number of amides is 2. The van der Waals surface area contributed by atoms with Gasteiger partial charge in [-0.05, 0) is 24.8 Å². The van der Waals surface area contributed by atoms with Crippen LogP contribution in [0, 0.1) is 16.0 Å². The van der Waals surface area contributed by atoms with Crippen LogP contribution in [0.25, 0.3) is 0 Å². The number of carbonyl (C=O) groups is 2. The van der Waals surface area contributed by atoms with Crippen molar-refractivity contribution in [2.75, 3.05) is 0 Å². The van der Waals surface area contributed by atoms with Crippen molar-refractivity contribution in [1.29, 1.82) is 0 Å². The predicted molar refractivity (Wildman–Crippen MR) is 72.4 cm³/mol. The van der Waals surface area contributed by atoms with E-state index in [1.807, 2.05) is 13.8 Å². The van der Waals surface area contributed by atoms with Crippen molar-refractivity contribution in [2.45, 2.75) is 32.6 Å². The smallest absolute Gasteiger partial charge is 0.270 e. The highest BCUT2D eigenvalue weighted by molar-refractivity contribution is 6.13. The summed E-state index contributed by atoms with van der Waals surface area (Å²) in [7, 11) is 0. The number of rotatable bonds is 3. The van der Waals surface area contributed by atoms with E-state index < -0.39 is 16.2 Å². The molecule has 0 bridgehead atoms. The number of nitrogens with zero attached hydrogens (tertiary/aromatic N) is 1. The Morgan fingerprint density at radius 1 is 1.35 bits per heavy atom. The molecule has 0 saturated heterocycles. The Kier molecular flexibility index (Phi) is 3.33. The number of nitrogens with one attached hydrogen (secondary N) is 1. The lowest BCUT2D eigenvalue weighted by atomic mass is 9.71. The molecule has 0 radical (unpaired) electrons. The lowest BCUT2D eigenvalue weighted by Crippen LogP contribution is -2.51. The van der Waals surface area contributed by atoms with Gasteiger partial charge < -0.3 is 0 Å². The highest BCUT2D eigenvalue weighted by atomic mass is 16.6. The van der Waals surface area contributed by atoms with Crippen LogP contribution < -0.4 is 5.32 Å². The van der Waals surface area contributed by atoms with Crippen LogP contribution in [0.1, 0.15) is 43.1 Å². The lowest BCUT2D eigenvalue weighted by molar-refractivity contribution is -0.384. The Bertz CT molecular complexity index is 609. The fraction of sp³-hybridized carbons (Fsp3) is 0.429. The van der Waals surface area contributed by atoms with Gasteiger partial charge in [0.15, 0.2) is 0 Å². The highest BCUT2D eigenvalue weighted by Gasteiger charge is 2.43. The lowest BCUT2D eigenvalue weighted by Gasteiger charge is -2.35. The minimum Gasteiger partial charge on any atom is -0.292 e. The number of hydrogen-bond donors (Lipinski definition) is 1. The number of nitro groups is 1. The molecular formula is C14H16N2O4. The minimum atomic E-state index is -0.841. The molecule has 1 aliphatic rings. The van der Waals surface area contributed by atoms with Crippen molar-refractivity contribution in [3.05, 3.63) is 39.4 Å². The molecule has 20 heavy (non-hydrogen) atoms. The Hall–Kier alpha value is -2.24. The summed E-state index contributed by atoms with van der Waals surface area (Å²) in [5, 5.41) is 13.1. The first-order valence-corrected chi connectivity index (χ1v) is 6.40. The van der Waals surface area contributed by atoms with Gasteiger partial charge >= 0.3 is 0 Å². The van der Waals surface area contributed by atoms with Crippen molar-refractivity contribution in [1.82, 2.24) is 5.32 Å². The molecule has 0 aliphatic carbocycles. The Labute approximate surface area is 116 Å². The standard InChI is InChI=1S/C14H16N2O4/c1-8(2)7-14(3)11-5-4-9(16(19)20)6-10(11)12(17)15-13(14)18/h4-6,8H,7H2,1-3H3,(H,15,17,18). The van der Waals surface area contributed by atoms with Crippen LogP contribution >= 0.6 is 0 Å². The van der Waals surface area contributed by atoms with Gasteiger partial charge in [0.25, 0.3) is 11.6 Å². The van der Waals surface area contributed by atoms with Gasteiger partial charge in [-0.3, -0.25) is 25.0 Å². The molecule has 1 atom stereocenters. The van der Waals surface area contributed by atoms with Crippen LogP contribution in [0.5, 0.6) is 0 Å². The van der Waals surface area contributed by atoms with Gasteiger partial charge in [0.2, 0.25) is 5.91 Å². The first-order valence-electron chi connectivity index (χ1n) is 6.40. The van der Waals surface area contributed by atoms with Crippen molar-refractivity contribution in [3.63, 3.8) is 0 Å². The van der Waals surface area contributed by atoms with Crippen LogP contribution in [0.15, 0.2) is 18.2 Å². The van der Waals surface area contributed by atoms with Gasteiger partial charge in [0, 0.05) is 12.1 Å². The molecule has 1 unspecified atom stereocenters. The fourth-order valence-electron chi connectivity index (χ4n) is 2.76. The molecule has 1 aromatic carbocycles. The molecular weight excluding hydrogens is 260 g/mol. The van der Waals surface area contributed by atoms with Gasteiger partial charge in [-0.15, -0.1) is 0 Å². The average Bonchev–Trinajstić information content (AvgIpc) is 2.35. The van der Waals surface area contributed by atoms with E-state index in [0.29, 0.717) is 12.0 Å². The summed E-state index contributed by atoms with van der Waals surface area (Å²) in [6, 6.07) is 4.09. The molecule has 106 valence electrons. The summed E-state index contributed by atoms with van der Waals surface area (Å²) in [6.07, 6.45) is 0.566. The Balaban J connectivity index is 2.61. The first-order chi connectivity index (χ1) is 9.25. The number of benzene rings is 1. The molecule has 2 amide bonds. The second-order valence-corrected chi connectivity index (χ2v) is 5.70. The van der Waals surface area contributed by atoms with E-state index >= 15 is 0 Å². The summed E-state index contributed by atoms with van der Waals surface area (Å²) in [5.41, 5.74) is -0.223. The molecule has 0 fully saturated rings. The van der Waals surface area contributed by atoms with E-state index in [2.05, 4.69) is 5.32 Å². The van der Waals surface area contributed by atoms with Crippen LogP contribution in [-0.4, -0.2) is 16.7 Å². The van der Waals surface area contributed by atoms with Crippen LogP contribution in [0.2, 0.25) is 0 Å². The van der Waals surface area contributed by atoms with Crippen molar-refractivity contribution in [3.8, 4) is 0 Å². The third-order valence-corrected chi connectivity index (χ3v) is 3.60. The summed E-state index contributed by atoms with van der Waals surface area (Å²) in [5.74, 6) is -0.672. The number of hydrogen-bond acceptors (Lipinski definition) is 4. The summed E-state index contributed by atoms with van der Waals surface area (Å²) < 4.78 is 0. The SMILES string of the molecule is CC(C)CC1(C)C(=O)NC(=O)c2cc([N+](=O)[O-])ccc21. The quantitative estimate of drug-likeness (QED) is 0.520. The zero-order valence-electron chi connectivity index (χ0n) is 11.6. The van der Waals surface area contributed by atoms with E-state index in [0.717, 1.165) is 0 Å². The van der Waals surface area contributed by atoms with Gasteiger partial charge in [0.05, 0.1) is 15.9 Å². The summed E-state index contributed by atoms with van der Waals surface area (Å²) >= 11 is 0. The Morgan fingerprint density at radius 3 is 2.55 bits per heavy atom. The Morgan fingerprint density at radius 2 is 2.00 bits per heavy atom. The van der Waals surface area contributed by atoms with Gasteiger partial charge in [-0.25, -0.2) is 0 Å². The predicted octanol–water partition coefficient (Wildman–Crippen LogP) is 2.17. The highest BCUT2D eigenvalue weighted by Crippen LogP contribution is 2.37. The second kappa shape index (κ2) is 4.70. The summed E-state index contributed by atoms with van der Waals surface area (Å²) in [4.78, 5) is 34.3. The molecule has 2 rings (SSSR count). The average molecular weight is 276 g/mol. The number of non-ortho nitro benzene ring substituents is 1. The van der Waals surface area contributed by atoms with Crippen molar-refractivity contribution in [2.24, 2.45) is 5.92 Å². The van der Waals surface area contributed by atoms with Crippen LogP contribution in [0.4, 0.5) is 5.69 Å². The topological polar surface area (TPSA) is 89.3 Å². The minimum absolute atomic E-state index is 0.153. The fourth-order valence-corrected chi connectivity index (χ4v) is 2.76. The van der Waals surface area contributed by atoms with E-state index in [4.69, 9.17) is 0 Å². The maximum Gasteiger partial charge on any atom is 0.270 e. The third-order valence-electron chi connectivity index (χ3n) is 3.60. The largest absolute Gasteiger partial charge is 0.292 e. The maximum atomic E-state index is 12.2. The summed E-state index contributed by atoms with van der Waals surface area (Å²) in [6.45, 7) is 5.74. The van der Waals surface area contributed by atoms with E-state index in [-0.39, 0.29) is 23.1 Å². The first kappa shape index (κ1) is 14.2. The molecule has 0 saturated carbocycles. The van der Waals surface area contributed by atoms with E-state index in [1.54, 1.807) is 6.92 Å². The number of fused-ring (bicyclic) bond motifs is 1. The molecule has 6 heteroatoms. The molecule has 1 N–H and O–H groups in total. The number of carbonyl (C=O) groups excluding carboxylic acids is 2. The van der Waals surface area contributed by atoms with Gasteiger partial charge in [-0.1, -0.05) is 19.9 Å². The van der Waals surface area contributed by atoms with Crippen LogP contribution in [-0.2, 0) is 10.2 Å². The molecule has 0 aromatic heterocycles. The normalized spacial score (nSPS) is 21.6. The maximum absolute atomic E-state index is 12.2. The second-order valence-electron chi connectivity index (χ2n) is 5.70. The van der Waals surface area contributed by atoms with Crippen molar-refractivity contribution >= 4 is 17.5 Å². The molecule has 6 nitrogen and oxygen atoms in total. The van der Waals surface area contributed by atoms with Gasteiger partial charge in [-0.2, -0.15) is 0 Å². The number of nitro benzene ring substituents is 1. The zero-order valence-corrected chi connectivity index (χ0v) is 11.6. The molecule has 1 heterocycles. The van der Waals surface area contributed by atoms with E-state index in [9.17, 15) is 19.7 Å². The van der Waals surface area contributed by atoms with Gasteiger partial charge in [0.1, 0.15) is 0 Å². The molecule has 0 spiro atoms. The molecule has 1 aromatic rings. The molecule has 1 aliphatic heterocycles. The van der Waals surface area contributed by atoms with Crippen molar-refractivity contribution < 1.29 is 14.5 Å². The monoisotopic (exact) mass is 276 g/mol. The number of imide groups is 1. The van der Waals surface area contributed by atoms with E-state index in [1.165, 1.54) is 18.2 Å².